The Labute approximate surface area is 159 Å². The van der Waals surface area contributed by atoms with Gasteiger partial charge in [-0.05, 0) is 26.8 Å². The molecule has 25 heavy (non-hydrogen) atoms. The Hall–Kier alpha value is -1.70. The van der Waals surface area contributed by atoms with Crippen LogP contribution in [0.4, 0.5) is 4.79 Å². The molecule has 0 aliphatic rings. The first-order chi connectivity index (χ1) is 11.5. The lowest BCUT2D eigenvalue weighted by Gasteiger charge is -2.20. The lowest BCUT2D eigenvalue weighted by molar-refractivity contribution is -0.150. The van der Waals surface area contributed by atoms with E-state index in [-0.39, 0.29) is 20.8 Å². The molecule has 3 amide bonds. The molecule has 0 aliphatic heterocycles. The van der Waals surface area contributed by atoms with Crippen molar-refractivity contribution in [2.75, 3.05) is 13.2 Å². The van der Waals surface area contributed by atoms with Crippen molar-refractivity contribution in [2.24, 2.45) is 0 Å². The van der Waals surface area contributed by atoms with Crippen molar-refractivity contribution in [3.8, 4) is 5.75 Å². The van der Waals surface area contributed by atoms with E-state index in [9.17, 15) is 14.4 Å². The van der Waals surface area contributed by atoms with Crippen LogP contribution in [-0.2, 0) is 14.3 Å². The molecule has 0 saturated carbocycles. The van der Waals surface area contributed by atoms with Crippen LogP contribution in [0.15, 0.2) is 12.1 Å². The van der Waals surface area contributed by atoms with Gasteiger partial charge in [-0.1, -0.05) is 34.8 Å². The van der Waals surface area contributed by atoms with Gasteiger partial charge in [0.1, 0.15) is 5.75 Å². The van der Waals surface area contributed by atoms with Gasteiger partial charge in [0.2, 0.25) is 0 Å². The van der Waals surface area contributed by atoms with Crippen LogP contribution in [0.25, 0.3) is 0 Å². The zero-order valence-electron chi connectivity index (χ0n) is 13.7. The Morgan fingerprint density at radius 2 is 1.60 bits per heavy atom. The fourth-order valence-electron chi connectivity index (χ4n) is 1.47. The molecule has 0 aliphatic carbocycles. The Kier molecular flexibility index (Phi) is 7.79. The Morgan fingerprint density at radius 1 is 1.00 bits per heavy atom. The zero-order valence-corrected chi connectivity index (χ0v) is 16.0. The number of hydrogen-bond donors (Lipinski definition) is 2. The van der Waals surface area contributed by atoms with Crippen LogP contribution in [0, 0.1) is 0 Å². The first-order valence-electron chi connectivity index (χ1n) is 7.03. The molecule has 7 nitrogen and oxygen atoms in total. The fourth-order valence-corrected chi connectivity index (χ4v) is 2.07. The van der Waals surface area contributed by atoms with Gasteiger partial charge in [0.15, 0.2) is 13.2 Å². The Bertz CT molecular complexity index is 674. The monoisotopic (exact) mass is 410 g/mol. The molecule has 0 heterocycles. The van der Waals surface area contributed by atoms with E-state index in [4.69, 9.17) is 44.3 Å². The summed E-state index contributed by atoms with van der Waals surface area (Å²) < 4.78 is 9.85. The van der Waals surface area contributed by atoms with Crippen molar-refractivity contribution in [1.82, 2.24) is 10.6 Å². The molecule has 0 unspecified atom stereocenters. The summed E-state index contributed by atoms with van der Waals surface area (Å²) >= 11 is 17.5. The van der Waals surface area contributed by atoms with Crippen molar-refractivity contribution < 1.29 is 23.9 Å². The van der Waals surface area contributed by atoms with Crippen LogP contribution in [0.2, 0.25) is 15.1 Å². The Balaban J connectivity index is 2.39. The number of benzene rings is 1. The second-order valence-electron chi connectivity index (χ2n) is 5.90. The lowest BCUT2D eigenvalue weighted by Crippen LogP contribution is -2.49. The summed E-state index contributed by atoms with van der Waals surface area (Å²) in [5.41, 5.74) is -0.506. The number of hydrogen-bond acceptors (Lipinski definition) is 5. The number of esters is 1. The third-order valence-electron chi connectivity index (χ3n) is 2.43. The number of halogens is 3. The number of ether oxygens (including phenoxy) is 2. The molecule has 0 aromatic heterocycles. The standard InChI is InChI=1S/C15H17Cl3N2O5/c1-15(2,3)20-14(23)19-12(21)6-25-13(22)7-24-11-5-9(17)8(16)4-10(11)18/h4-5H,6-7H2,1-3H3,(H2,19,20,21,23). The van der Waals surface area contributed by atoms with E-state index in [2.05, 4.69) is 5.32 Å². The maximum absolute atomic E-state index is 11.6. The summed E-state index contributed by atoms with van der Waals surface area (Å²) in [4.78, 5) is 34.6. The van der Waals surface area contributed by atoms with Crippen LogP contribution in [-0.4, -0.2) is 36.7 Å². The van der Waals surface area contributed by atoms with E-state index in [0.717, 1.165) is 0 Å². The highest BCUT2D eigenvalue weighted by molar-refractivity contribution is 6.43. The van der Waals surface area contributed by atoms with Gasteiger partial charge in [-0.15, -0.1) is 0 Å². The predicted molar refractivity (Wildman–Crippen MR) is 94.4 cm³/mol. The van der Waals surface area contributed by atoms with Gasteiger partial charge in [-0.25, -0.2) is 9.59 Å². The molecule has 0 atom stereocenters. The molecule has 0 radical (unpaired) electrons. The summed E-state index contributed by atoms with van der Waals surface area (Å²) in [6.45, 7) is 4.13. The van der Waals surface area contributed by atoms with Crippen LogP contribution < -0.4 is 15.4 Å². The first-order valence-corrected chi connectivity index (χ1v) is 8.16. The predicted octanol–water partition coefficient (Wildman–Crippen LogP) is 3.19. The quantitative estimate of drug-likeness (QED) is 0.573. The van der Waals surface area contributed by atoms with Crippen LogP contribution in [0.1, 0.15) is 20.8 Å². The smallest absolute Gasteiger partial charge is 0.344 e. The summed E-state index contributed by atoms with van der Waals surface area (Å²) in [6, 6.07) is 2.03. The van der Waals surface area contributed by atoms with Gasteiger partial charge in [-0.3, -0.25) is 10.1 Å². The molecule has 2 N–H and O–H groups in total. The highest BCUT2D eigenvalue weighted by Gasteiger charge is 2.17. The second kappa shape index (κ2) is 9.12. The van der Waals surface area contributed by atoms with Gasteiger partial charge >= 0.3 is 12.0 Å². The van der Waals surface area contributed by atoms with Crippen molar-refractivity contribution in [2.45, 2.75) is 26.3 Å². The number of urea groups is 1. The molecule has 0 bridgehead atoms. The third kappa shape index (κ3) is 8.29. The minimum Gasteiger partial charge on any atom is -0.480 e. The summed E-state index contributed by atoms with van der Waals surface area (Å²) in [7, 11) is 0. The first kappa shape index (κ1) is 21.3. The minimum atomic E-state index is -0.825. The summed E-state index contributed by atoms with van der Waals surface area (Å²) in [5.74, 6) is -1.46. The summed E-state index contributed by atoms with van der Waals surface area (Å²) in [5, 5.41) is 5.17. The van der Waals surface area contributed by atoms with E-state index < -0.39 is 36.7 Å². The van der Waals surface area contributed by atoms with Crippen molar-refractivity contribution >= 4 is 52.7 Å². The summed E-state index contributed by atoms with van der Waals surface area (Å²) in [6.07, 6.45) is 0. The van der Waals surface area contributed by atoms with E-state index in [1.807, 2.05) is 5.32 Å². The van der Waals surface area contributed by atoms with Gasteiger partial charge in [0.25, 0.3) is 5.91 Å². The minimum absolute atomic E-state index is 0.141. The number of carbonyl (C=O) groups excluding carboxylic acids is 3. The lowest BCUT2D eigenvalue weighted by atomic mass is 10.1. The maximum Gasteiger partial charge on any atom is 0.344 e. The molecular formula is C15H17Cl3N2O5. The van der Waals surface area contributed by atoms with Crippen molar-refractivity contribution in [3.63, 3.8) is 0 Å². The fraction of sp³-hybridized carbons (Fsp3) is 0.400. The average Bonchev–Trinajstić information content (AvgIpc) is 2.45. The molecule has 10 heteroatoms. The van der Waals surface area contributed by atoms with E-state index in [1.165, 1.54) is 12.1 Å². The highest BCUT2D eigenvalue weighted by Crippen LogP contribution is 2.33. The highest BCUT2D eigenvalue weighted by atomic mass is 35.5. The number of rotatable bonds is 5. The average molecular weight is 412 g/mol. The molecule has 138 valence electrons. The maximum atomic E-state index is 11.6. The normalized spacial score (nSPS) is 10.8. The number of amides is 3. The number of nitrogens with one attached hydrogen (secondary N) is 2. The molecule has 0 fully saturated rings. The topological polar surface area (TPSA) is 93.7 Å². The molecule has 1 rings (SSSR count). The SMILES string of the molecule is CC(C)(C)NC(=O)NC(=O)COC(=O)COc1cc(Cl)c(Cl)cc1Cl. The van der Waals surface area contributed by atoms with Gasteiger partial charge in [-0.2, -0.15) is 0 Å². The van der Waals surface area contributed by atoms with Crippen LogP contribution in [0.3, 0.4) is 0 Å². The van der Waals surface area contributed by atoms with Gasteiger partial charge in [0, 0.05) is 11.6 Å². The molecular weight excluding hydrogens is 395 g/mol. The second-order valence-corrected chi connectivity index (χ2v) is 7.12. The van der Waals surface area contributed by atoms with Gasteiger partial charge in [0.05, 0.1) is 15.1 Å². The molecule has 1 aromatic rings. The molecule has 0 spiro atoms. The number of carbonyl (C=O) groups is 3. The number of imide groups is 1. The molecule has 0 saturated heterocycles. The van der Waals surface area contributed by atoms with Crippen LogP contribution >= 0.6 is 34.8 Å². The molecule has 1 aromatic carbocycles. The van der Waals surface area contributed by atoms with E-state index in [1.54, 1.807) is 20.8 Å². The Morgan fingerprint density at radius 3 is 2.20 bits per heavy atom. The zero-order chi connectivity index (χ0) is 19.2. The van der Waals surface area contributed by atoms with Gasteiger partial charge < -0.3 is 14.8 Å². The van der Waals surface area contributed by atoms with Crippen molar-refractivity contribution in [1.29, 1.82) is 0 Å². The van der Waals surface area contributed by atoms with E-state index in [0.29, 0.717) is 0 Å². The van der Waals surface area contributed by atoms with Crippen molar-refractivity contribution in [3.05, 3.63) is 27.2 Å². The van der Waals surface area contributed by atoms with E-state index >= 15 is 0 Å². The largest absolute Gasteiger partial charge is 0.480 e. The third-order valence-corrected chi connectivity index (χ3v) is 3.44. The van der Waals surface area contributed by atoms with Crippen LogP contribution in [0.5, 0.6) is 5.75 Å².